The van der Waals surface area contributed by atoms with Crippen LogP contribution in [0.4, 0.5) is 18.9 Å². The summed E-state index contributed by atoms with van der Waals surface area (Å²) >= 11 is 0. The van der Waals surface area contributed by atoms with Gasteiger partial charge in [-0.2, -0.15) is 13.2 Å². The van der Waals surface area contributed by atoms with E-state index in [9.17, 15) is 13.2 Å². The van der Waals surface area contributed by atoms with Crippen molar-refractivity contribution in [1.29, 1.82) is 0 Å². The lowest BCUT2D eigenvalue weighted by atomic mass is 10.0. The Kier molecular flexibility index (Phi) is 6.60. The van der Waals surface area contributed by atoms with Crippen LogP contribution in [-0.4, -0.2) is 31.5 Å². The van der Waals surface area contributed by atoms with Crippen LogP contribution in [0.15, 0.2) is 46.5 Å². The molecule has 27 heavy (non-hydrogen) atoms. The van der Waals surface area contributed by atoms with Crippen LogP contribution < -0.4 is 0 Å². The fourth-order valence-electron chi connectivity index (χ4n) is 2.32. The highest BCUT2D eigenvalue weighted by Gasteiger charge is 2.30. The number of aryl methyl sites for hydroxylation is 2. The number of rotatable bonds is 6. The summed E-state index contributed by atoms with van der Waals surface area (Å²) in [7, 11) is 3.79. The predicted molar refractivity (Wildman–Crippen MR) is 102 cm³/mol. The minimum Gasteiger partial charge on any atom is -0.391 e. The van der Waals surface area contributed by atoms with Crippen LogP contribution in [0.2, 0.25) is 0 Å². The van der Waals surface area contributed by atoms with Crippen LogP contribution in [0, 0.1) is 13.8 Å². The zero-order valence-electron chi connectivity index (χ0n) is 15.7. The number of alkyl halides is 3. The van der Waals surface area contributed by atoms with Crippen molar-refractivity contribution in [3.8, 4) is 0 Å². The third-order valence-electron chi connectivity index (χ3n) is 3.76. The van der Waals surface area contributed by atoms with Gasteiger partial charge in [-0.3, -0.25) is 0 Å². The molecule has 7 heteroatoms. The van der Waals surface area contributed by atoms with Crippen molar-refractivity contribution in [2.75, 3.05) is 14.1 Å². The molecule has 2 aromatic rings. The van der Waals surface area contributed by atoms with Gasteiger partial charge < -0.3 is 9.74 Å². The molecule has 144 valence electrons. The SMILES string of the molecule is Cc1cc(N=CN(C)C)c(C)cc1/C=N/OCc1cccc(C(F)(F)F)c1. The Morgan fingerprint density at radius 2 is 1.81 bits per heavy atom. The molecule has 0 heterocycles. The summed E-state index contributed by atoms with van der Waals surface area (Å²) in [5, 5.41) is 3.88. The third kappa shape index (κ3) is 6.13. The Hall–Kier alpha value is -2.83. The maximum Gasteiger partial charge on any atom is 0.416 e. The summed E-state index contributed by atoms with van der Waals surface area (Å²) in [5.41, 5.74) is 3.38. The maximum atomic E-state index is 12.7. The monoisotopic (exact) mass is 377 g/mol. The highest BCUT2D eigenvalue weighted by molar-refractivity contribution is 5.83. The lowest BCUT2D eigenvalue weighted by Gasteiger charge is -2.08. The molecule has 2 rings (SSSR count). The van der Waals surface area contributed by atoms with Crippen molar-refractivity contribution in [3.05, 3.63) is 64.2 Å². The van der Waals surface area contributed by atoms with Gasteiger partial charge in [0.15, 0.2) is 0 Å². The molecule has 0 saturated heterocycles. The van der Waals surface area contributed by atoms with Gasteiger partial charge in [0.1, 0.15) is 6.61 Å². The average Bonchev–Trinajstić information content (AvgIpc) is 2.59. The topological polar surface area (TPSA) is 37.2 Å². The second-order valence-corrected chi connectivity index (χ2v) is 6.41. The highest BCUT2D eigenvalue weighted by atomic mass is 19.4. The fraction of sp³-hybridized carbons (Fsp3) is 0.300. The van der Waals surface area contributed by atoms with Gasteiger partial charge in [-0.25, -0.2) is 4.99 Å². The maximum absolute atomic E-state index is 12.7. The summed E-state index contributed by atoms with van der Waals surface area (Å²) in [6.45, 7) is 3.84. The predicted octanol–water partition coefficient (Wildman–Crippen LogP) is 5.09. The molecule has 0 amide bonds. The van der Waals surface area contributed by atoms with E-state index in [1.807, 2.05) is 45.0 Å². The number of hydrogen-bond donors (Lipinski definition) is 0. The summed E-state index contributed by atoms with van der Waals surface area (Å²) in [4.78, 5) is 11.4. The zero-order valence-corrected chi connectivity index (χ0v) is 15.7. The largest absolute Gasteiger partial charge is 0.416 e. The van der Waals surface area contributed by atoms with Crippen LogP contribution >= 0.6 is 0 Å². The molecule has 2 aromatic carbocycles. The van der Waals surface area contributed by atoms with Gasteiger partial charge in [0.05, 0.1) is 23.8 Å². The van der Waals surface area contributed by atoms with Crippen LogP contribution in [0.5, 0.6) is 0 Å². The van der Waals surface area contributed by atoms with Crippen LogP contribution in [-0.2, 0) is 17.6 Å². The number of halogens is 3. The molecule has 0 aromatic heterocycles. The molecule has 0 aliphatic carbocycles. The molecule has 0 unspecified atom stereocenters. The summed E-state index contributed by atoms with van der Waals surface area (Å²) in [5.74, 6) is 0. The molecular weight excluding hydrogens is 355 g/mol. The van der Waals surface area contributed by atoms with E-state index >= 15 is 0 Å². The first-order valence-electron chi connectivity index (χ1n) is 8.30. The molecular formula is C20H22F3N3O. The van der Waals surface area contributed by atoms with Crippen molar-refractivity contribution in [2.24, 2.45) is 10.1 Å². The van der Waals surface area contributed by atoms with E-state index in [4.69, 9.17) is 4.84 Å². The van der Waals surface area contributed by atoms with Crippen LogP contribution in [0.25, 0.3) is 0 Å². The van der Waals surface area contributed by atoms with Gasteiger partial charge in [0.2, 0.25) is 0 Å². The van der Waals surface area contributed by atoms with E-state index in [0.29, 0.717) is 5.56 Å². The minimum absolute atomic E-state index is 0.0380. The number of oxime groups is 1. The summed E-state index contributed by atoms with van der Waals surface area (Å²) in [6, 6.07) is 8.89. The van der Waals surface area contributed by atoms with Gasteiger partial charge >= 0.3 is 6.18 Å². The molecule has 0 spiro atoms. The molecule has 0 saturated carbocycles. The molecule has 0 bridgehead atoms. The van der Waals surface area contributed by atoms with Gasteiger partial charge in [-0.1, -0.05) is 17.3 Å². The fourth-order valence-corrected chi connectivity index (χ4v) is 2.32. The summed E-state index contributed by atoms with van der Waals surface area (Å²) in [6.07, 6.45) is -1.09. The number of nitrogens with zero attached hydrogens (tertiary/aromatic N) is 3. The molecule has 0 radical (unpaired) electrons. The van der Waals surface area contributed by atoms with Gasteiger partial charge in [-0.15, -0.1) is 0 Å². The van der Waals surface area contributed by atoms with E-state index in [1.54, 1.807) is 18.6 Å². The van der Waals surface area contributed by atoms with Crippen molar-refractivity contribution in [3.63, 3.8) is 0 Å². The van der Waals surface area contributed by atoms with E-state index < -0.39 is 11.7 Å². The smallest absolute Gasteiger partial charge is 0.391 e. The van der Waals surface area contributed by atoms with Crippen molar-refractivity contribution in [1.82, 2.24) is 4.90 Å². The molecule has 0 atom stereocenters. The average molecular weight is 377 g/mol. The molecule has 0 N–H and O–H groups in total. The first-order chi connectivity index (χ1) is 12.7. The zero-order chi connectivity index (χ0) is 20.0. The number of aliphatic imine (C=N–C) groups is 1. The molecule has 0 aliphatic heterocycles. The first-order valence-corrected chi connectivity index (χ1v) is 8.30. The van der Waals surface area contributed by atoms with Gasteiger partial charge in [0.25, 0.3) is 0 Å². The van der Waals surface area contributed by atoms with Gasteiger partial charge in [0, 0.05) is 14.1 Å². The molecule has 4 nitrogen and oxygen atoms in total. The Morgan fingerprint density at radius 1 is 1.07 bits per heavy atom. The van der Waals surface area contributed by atoms with Crippen LogP contribution in [0.1, 0.15) is 27.8 Å². The molecule has 0 fully saturated rings. The minimum atomic E-state index is -4.37. The number of hydrogen-bond acceptors (Lipinski definition) is 3. The number of benzene rings is 2. The Morgan fingerprint density at radius 3 is 2.48 bits per heavy atom. The quantitative estimate of drug-likeness (QED) is 0.399. The lowest BCUT2D eigenvalue weighted by molar-refractivity contribution is -0.137. The first kappa shape index (κ1) is 20.5. The normalized spacial score (nSPS) is 12.1. The van der Waals surface area contributed by atoms with E-state index in [0.717, 1.165) is 34.5 Å². The van der Waals surface area contributed by atoms with Crippen molar-refractivity contribution >= 4 is 18.2 Å². The van der Waals surface area contributed by atoms with Crippen molar-refractivity contribution < 1.29 is 18.0 Å². The lowest BCUT2D eigenvalue weighted by Crippen LogP contribution is -2.07. The second kappa shape index (κ2) is 8.70. The second-order valence-electron chi connectivity index (χ2n) is 6.41. The van der Waals surface area contributed by atoms with E-state index in [2.05, 4.69) is 10.1 Å². The highest BCUT2D eigenvalue weighted by Crippen LogP contribution is 2.29. The molecule has 0 aliphatic rings. The Bertz CT molecular complexity index is 843. The van der Waals surface area contributed by atoms with E-state index in [1.165, 1.54) is 6.07 Å². The standard InChI is InChI=1S/C20H22F3N3O/c1-14-9-19(24-13-26(3)4)15(2)8-17(14)11-25-27-12-16-6-5-7-18(10-16)20(21,22)23/h5-11,13H,12H2,1-4H3/b24-13?,25-11+. The van der Waals surface area contributed by atoms with E-state index in [-0.39, 0.29) is 6.61 Å². The van der Waals surface area contributed by atoms with Crippen LogP contribution in [0.3, 0.4) is 0 Å². The van der Waals surface area contributed by atoms with Gasteiger partial charge in [-0.05, 0) is 60.4 Å². The van der Waals surface area contributed by atoms with Crippen molar-refractivity contribution in [2.45, 2.75) is 26.6 Å². The Labute approximate surface area is 157 Å². The summed E-state index contributed by atoms with van der Waals surface area (Å²) < 4.78 is 38.1. The third-order valence-corrected chi connectivity index (χ3v) is 3.76. The Balaban J connectivity index is 2.04.